The van der Waals surface area contributed by atoms with Crippen molar-refractivity contribution in [3.05, 3.63) is 64.7 Å². The van der Waals surface area contributed by atoms with Crippen molar-refractivity contribution in [3.63, 3.8) is 0 Å². The molecule has 0 saturated carbocycles. The molecule has 1 fully saturated rings. The molecule has 0 aromatic heterocycles. The minimum absolute atomic E-state index is 0.118. The molecule has 0 unspecified atom stereocenters. The molecule has 0 aliphatic carbocycles. The summed E-state index contributed by atoms with van der Waals surface area (Å²) in [5.74, 6) is -0.432. The van der Waals surface area contributed by atoms with Gasteiger partial charge in [-0.2, -0.15) is 0 Å². The standard InChI is InChI=1S/C20H20ClN3O3/c1-14(25)22-16-6-4-5-15(13-16)19(26)23-9-11-24(12-10-23)20(27)17-7-2-3-8-18(17)21/h2-8,13H,9-12H2,1H3,(H,22,25). The fourth-order valence-electron chi connectivity index (χ4n) is 3.03. The molecule has 2 aromatic rings. The molecule has 0 atom stereocenters. The second-order valence-corrected chi connectivity index (χ2v) is 6.73. The van der Waals surface area contributed by atoms with Gasteiger partial charge < -0.3 is 15.1 Å². The van der Waals surface area contributed by atoms with E-state index in [9.17, 15) is 14.4 Å². The summed E-state index contributed by atoms with van der Waals surface area (Å²) in [5, 5.41) is 3.10. The molecular weight excluding hydrogens is 366 g/mol. The molecule has 1 aliphatic rings. The van der Waals surface area contributed by atoms with E-state index in [0.717, 1.165) is 0 Å². The predicted octanol–water partition coefficient (Wildman–Crippen LogP) is 2.90. The molecule has 2 aromatic carbocycles. The van der Waals surface area contributed by atoms with Gasteiger partial charge in [-0.1, -0.05) is 29.8 Å². The van der Waals surface area contributed by atoms with Crippen LogP contribution < -0.4 is 5.32 Å². The zero-order chi connectivity index (χ0) is 19.4. The van der Waals surface area contributed by atoms with Crippen LogP contribution in [0.5, 0.6) is 0 Å². The quantitative estimate of drug-likeness (QED) is 0.883. The van der Waals surface area contributed by atoms with Crippen LogP contribution in [-0.4, -0.2) is 53.7 Å². The Balaban J connectivity index is 1.64. The van der Waals surface area contributed by atoms with E-state index in [4.69, 9.17) is 11.6 Å². The van der Waals surface area contributed by atoms with Crippen LogP contribution in [0.4, 0.5) is 5.69 Å². The summed E-state index contributed by atoms with van der Waals surface area (Å²) in [6.07, 6.45) is 0. The van der Waals surface area contributed by atoms with Crippen LogP contribution in [0.15, 0.2) is 48.5 Å². The van der Waals surface area contributed by atoms with Crippen molar-refractivity contribution in [3.8, 4) is 0 Å². The van der Waals surface area contributed by atoms with Gasteiger partial charge >= 0.3 is 0 Å². The van der Waals surface area contributed by atoms with E-state index in [1.165, 1.54) is 6.92 Å². The summed E-state index contributed by atoms with van der Waals surface area (Å²) in [4.78, 5) is 39.9. The largest absolute Gasteiger partial charge is 0.335 e. The van der Waals surface area contributed by atoms with Crippen LogP contribution in [-0.2, 0) is 4.79 Å². The Morgan fingerprint density at radius 1 is 0.889 bits per heavy atom. The topological polar surface area (TPSA) is 69.7 Å². The Morgan fingerprint density at radius 2 is 1.52 bits per heavy atom. The van der Waals surface area contributed by atoms with E-state index in [0.29, 0.717) is 48.0 Å². The Labute approximate surface area is 162 Å². The summed E-state index contributed by atoms with van der Waals surface area (Å²) < 4.78 is 0. The second kappa shape index (κ2) is 8.22. The lowest BCUT2D eigenvalue weighted by Gasteiger charge is -2.35. The highest BCUT2D eigenvalue weighted by Crippen LogP contribution is 2.19. The first-order valence-corrected chi connectivity index (χ1v) is 9.04. The third kappa shape index (κ3) is 4.46. The number of benzene rings is 2. The van der Waals surface area contributed by atoms with Crippen molar-refractivity contribution < 1.29 is 14.4 Å². The van der Waals surface area contributed by atoms with Crippen LogP contribution in [0.2, 0.25) is 5.02 Å². The van der Waals surface area contributed by atoms with Crippen LogP contribution in [0.25, 0.3) is 0 Å². The first-order valence-electron chi connectivity index (χ1n) is 8.66. The van der Waals surface area contributed by atoms with E-state index in [2.05, 4.69) is 5.32 Å². The first-order chi connectivity index (χ1) is 13.0. The number of hydrogen-bond acceptors (Lipinski definition) is 3. The van der Waals surface area contributed by atoms with Crippen LogP contribution >= 0.6 is 11.6 Å². The van der Waals surface area contributed by atoms with Gasteiger partial charge in [0.05, 0.1) is 10.6 Å². The van der Waals surface area contributed by atoms with E-state index in [-0.39, 0.29) is 17.7 Å². The fraction of sp³-hybridized carbons (Fsp3) is 0.250. The zero-order valence-electron chi connectivity index (χ0n) is 14.9. The van der Waals surface area contributed by atoms with Crippen molar-refractivity contribution in [2.24, 2.45) is 0 Å². The maximum Gasteiger partial charge on any atom is 0.255 e. The van der Waals surface area contributed by atoms with Crippen LogP contribution in [0, 0.1) is 0 Å². The number of nitrogens with one attached hydrogen (secondary N) is 1. The lowest BCUT2D eigenvalue weighted by molar-refractivity contribution is -0.114. The van der Waals surface area contributed by atoms with Crippen molar-refractivity contribution in [2.75, 3.05) is 31.5 Å². The predicted molar refractivity (Wildman–Crippen MR) is 104 cm³/mol. The number of piperazine rings is 1. The molecule has 140 valence electrons. The normalized spacial score (nSPS) is 14.0. The lowest BCUT2D eigenvalue weighted by atomic mass is 10.1. The molecule has 1 heterocycles. The van der Waals surface area contributed by atoms with Crippen LogP contribution in [0.1, 0.15) is 27.6 Å². The Bertz CT molecular complexity index is 876. The lowest BCUT2D eigenvalue weighted by Crippen LogP contribution is -2.50. The molecule has 6 nitrogen and oxygen atoms in total. The van der Waals surface area contributed by atoms with Gasteiger partial charge in [0.25, 0.3) is 11.8 Å². The molecule has 0 bridgehead atoms. The molecular formula is C20H20ClN3O3. The summed E-state index contributed by atoms with van der Waals surface area (Å²) in [6.45, 7) is 3.20. The van der Waals surface area contributed by atoms with Crippen molar-refractivity contribution in [1.82, 2.24) is 9.80 Å². The molecule has 1 saturated heterocycles. The highest BCUT2D eigenvalue weighted by molar-refractivity contribution is 6.33. The summed E-state index contributed by atoms with van der Waals surface area (Å²) in [5.41, 5.74) is 1.56. The number of carbonyl (C=O) groups is 3. The summed E-state index contributed by atoms with van der Waals surface area (Å²) in [6, 6.07) is 13.8. The van der Waals surface area contributed by atoms with Crippen LogP contribution in [0.3, 0.4) is 0 Å². The Hall–Kier alpha value is -2.86. The van der Waals surface area contributed by atoms with Gasteiger partial charge in [0.1, 0.15) is 0 Å². The van der Waals surface area contributed by atoms with E-state index < -0.39 is 0 Å². The van der Waals surface area contributed by atoms with Gasteiger partial charge in [-0.05, 0) is 30.3 Å². The number of halogens is 1. The molecule has 1 N–H and O–H groups in total. The van der Waals surface area contributed by atoms with Gasteiger partial charge in [-0.3, -0.25) is 14.4 Å². The average molecular weight is 386 g/mol. The number of anilines is 1. The van der Waals surface area contributed by atoms with Crippen molar-refractivity contribution in [1.29, 1.82) is 0 Å². The van der Waals surface area contributed by atoms with Gasteiger partial charge in [-0.15, -0.1) is 0 Å². The number of carbonyl (C=O) groups excluding carboxylic acids is 3. The number of rotatable bonds is 3. The maximum absolute atomic E-state index is 12.7. The molecule has 3 amide bonds. The minimum atomic E-state index is -0.189. The molecule has 1 aliphatic heterocycles. The SMILES string of the molecule is CC(=O)Nc1cccc(C(=O)N2CCN(C(=O)c3ccccc3Cl)CC2)c1. The fourth-order valence-corrected chi connectivity index (χ4v) is 3.25. The van der Waals surface area contributed by atoms with Gasteiger partial charge in [0.15, 0.2) is 0 Å². The van der Waals surface area contributed by atoms with Gasteiger partial charge in [-0.25, -0.2) is 0 Å². The number of hydrogen-bond donors (Lipinski definition) is 1. The monoisotopic (exact) mass is 385 g/mol. The summed E-state index contributed by atoms with van der Waals surface area (Å²) in [7, 11) is 0. The van der Waals surface area contributed by atoms with Crippen molar-refractivity contribution >= 4 is 35.0 Å². The number of nitrogens with zero attached hydrogens (tertiary/aromatic N) is 2. The zero-order valence-corrected chi connectivity index (χ0v) is 15.7. The van der Waals surface area contributed by atoms with Gasteiger partial charge in [0, 0.05) is 44.4 Å². The molecule has 7 heteroatoms. The smallest absolute Gasteiger partial charge is 0.255 e. The van der Waals surface area contributed by atoms with E-state index in [1.807, 2.05) is 0 Å². The third-order valence-corrected chi connectivity index (χ3v) is 4.72. The molecule has 0 radical (unpaired) electrons. The average Bonchev–Trinajstić information content (AvgIpc) is 2.67. The maximum atomic E-state index is 12.7. The van der Waals surface area contributed by atoms with E-state index in [1.54, 1.807) is 58.3 Å². The molecule has 27 heavy (non-hydrogen) atoms. The van der Waals surface area contributed by atoms with Gasteiger partial charge in [0.2, 0.25) is 5.91 Å². The highest BCUT2D eigenvalue weighted by Gasteiger charge is 2.26. The Morgan fingerprint density at radius 3 is 2.15 bits per heavy atom. The molecule has 0 spiro atoms. The van der Waals surface area contributed by atoms with E-state index >= 15 is 0 Å². The second-order valence-electron chi connectivity index (χ2n) is 6.33. The minimum Gasteiger partial charge on any atom is -0.335 e. The first kappa shape index (κ1) is 18.9. The van der Waals surface area contributed by atoms with Crippen molar-refractivity contribution in [2.45, 2.75) is 6.92 Å². The Kier molecular flexibility index (Phi) is 5.76. The summed E-state index contributed by atoms with van der Waals surface area (Å²) >= 11 is 6.11. The molecule has 3 rings (SSSR count). The highest BCUT2D eigenvalue weighted by atomic mass is 35.5. The number of amides is 3. The third-order valence-electron chi connectivity index (χ3n) is 4.39.